The highest BCUT2D eigenvalue weighted by Gasteiger charge is 2.22. The molecule has 5 nitrogen and oxygen atoms in total. The van der Waals surface area contributed by atoms with Gasteiger partial charge in [-0.05, 0) is 31.9 Å². The molecular weight excluding hydrogens is 274 g/mol. The van der Waals surface area contributed by atoms with Crippen LogP contribution in [-0.2, 0) is 6.54 Å². The minimum atomic E-state index is 0.808. The van der Waals surface area contributed by atoms with Gasteiger partial charge in [-0.3, -0.25) is 4.40 Å². The van der Waals surface area contributed by atoms with Crippen molar-refractivity contribution in [3.8, 4) is 0 Å². The van der Waals surface area contributed by atoms with Gasteiger partial charge in [0.05, 0.1) is 18.6 Å². The average Bonchev–Trinajstić information content (AvgIpc) is 2.92. The van der Waals surface area contributed by atoms with Crippen LogP contribution < -0.4 is 4.90 Å². The number of likely N-dealkylation sites (tertiary alicyclic amines) is 1. The summed E-state index contributed by atoms with van der Waals surface area (Å²) in [7, 11) is 0. The predicted octanol–water partition coefficient (Wildman–Crippen LogP) is 1.40. The molecule has 0 radical (unpaired) electrons. The molecule has 0 amide bonds. The highest BCUT2D eigenvalue weighted by atomic mass is 15.3. The first kappa shape index (κ1) is 13.6. The minimum Gasteiger partial charge on any atom is -0.328 e. The lowest BCUT2D eigenvalue weighted by Crippen LogP contribution is -3.12. The van der Waals surface area contributed by atoms with E-state index in [9.17, 15) is 0 Å². The van der Waals surface area contributed by atoms with Crippen LogP contribution in [0.4, 0.5) is 0 Å². The molecule has 22 heavy (non-hydrogen) atoms. The molecule has 114 valence electrons. The van der Waals surface area contributed by atoms with E-state index in [2.05, 4.69) is 27.6 Å². The van der Waals surface area contributed by atoms with Crippen LogP contribution in [0, 0.1) is 12.8 Å². The quantitative estimate of drug-likeness (QED) is 0.777. The fourth-order valence-electron chi connectivity index (χ4n) is 3.71. The largest absolute Gasteiger partial charge is 0.328 e. The molecule has 1 saturated heterocycles. The third-order valence-electron chi connectivity index (χ3n) is 4.75. The number of hydrogen-bond donors (Lipinski definition) is 1. The van der Waals surface area contributed by atoms with Crippen molar-refractivity contribution in [2.75, 3.05) is 13.1 Å². The van der Waals surface area contributed by atoms with Crippen molar-refractivity contribution >= 4 is 16.6 Å². The van der Waals surface area contributed by atoms with Gasteiger partial charge < -0.3 is 4.90 Å². The van der Waals surface area contributed by atoms with Gasteiger partial charge in [0.25, 0.3) is 0 Å². The summed E-state index contributed by atoms with van der Waals surface area (Å²) in [6.07, 6.45) is 2.67. The van der Waals surface area contributed by atoms with Crippen molar-refractivity contribution in [2.45, 2.75) is 33.2 Å². The Hall–Kier alpha value is -2.01. The zero-order chi connectivity index (χ0) is 15.1. The molecule has 3 heterocycles. The van der Waals surface area contributed by atoms with Crippen molar-refractivity contribution in [3.63, 3.8) is 0 Å². The second-order valence-corrected chi connectivity index (χ2v) is 6.58. The van der Waals surface area contributed by atoms with Crippen molar-refractivity contribution in [1.29, 1.82) is 0 Å². The summed E-state index contributed by atoms with van der Waals surface area (Å²) < 4.78 is 2.13. The molecule has 4 rings (SSSR count). The summed E-state index contributed by atoms with van der Waals surface area (Å²) in [4.78, 5) is 6.33. The molecule has 2 aromatic heterocycles. The van der Waals surface area contributed by atoms with Gasteiger partial charge in [0.1, 0.15) is 12.4 Å². The topological polar surface area (TPSA) is 47.5 Å². The van der Waals surface area contributed by atoms with Crippen molar-refractivity contribution in [2.24, 2.45) is 5.92 Å². The number of nitrogens with one attached hydrogen (secondary N) is 1. The van der Waals surface area contributed by atoms with Crippen LogP contribution in [0.2, 0.25) is 0 Å². The maximum atomic E-state index is 4.72. The zero-order valence-electron chi connectivity index (χ0n) is 13.2. The van der Waals surface area contributed by atoms with Gasteiger partial charge in [-0.25, -0.2) is 4.98 Å². The Bertz CT molecular complexity index is 822. The summed E-state index contributed by atoms with van der Waals surface area (Å²) >= 11 is 0. The first-order chi connectivity index (χ1) is 10.7. The summed E-state index contributed by atoms with van der Waals surface area (Å²) in [6, 6.07) is 8.16. The molecular formula is C17H22N5+. The van der Waals surface area contributed by atoms with Crippen LogP contribution in [0.3, 0.4) is 0 Å². The number of para-hydroxylation sites is 1. The standard InChI is InChI=1S/C17H21N5/c1-12-6-5-9-21(10-12)11-16-19-20-17-14-7-3-4-8-15(14)18-13(2)22(16)17/h3-4,7-8,12H,5-6,9-11H2,1-2H3/p+1/t12-/m0/s1. The molecule has 1 N–H and O–H groups in total. The number of nitrogens with zero attached hydrogens (tertiary/aromatic N) is 4. The second-order valence-electron chi connectivity index (χ2n) is 6.58. The summed E-state index contributed by atoms with van der Waals surface area (Å²) in [5.41, 5.74) is 1.92. The van der Waals surface area contributed by atoms with Crippen molar-refractivity contribution < 1.29 is 4.90 Å². The molecule has 0 aliphatic carbocycles. The number of piperidine rings is 1. The molecule has 1 aliphatic rings. The molecule has 0 bridgehead atoms. The monoisotopic (exact) mass is 296 g/mol. The maximum Gasteiger partial charge on any atom is 0.194 e. The summed E-state index contributed by atoms with van der Waals surface area (Å²) in [5.74, 6) is 2.82. The number of rotatable bonds is 2. The maximum absolute atomic E-state index is 4.72. The van der Waals surface area contributed by atoms with Crippen LogP contribution in [0.15, 0.2) is 24.3 Å². The van der Waals surface area contributed by atoms with E-state index < -0.39 is 0 Å². The Morgan fingerprint density at radius 2 is 2.14 bits per heavy atom. The zero-order valence-corrected chi connectivity index (χ0v) is 13.2. The number of benzene rings is 1. The number of hydrogen-bond acceptors (Lipinski definition) is 3. The van der Waals surface area contributed by atoms with Gasteiger partial charge >= 0.3 is 0 Å². The normalized spacial score (nSPS) is 22.5. The molecule has 0 spiro atoms. The number of quaternary nitrogens is 1. The molecule has 1 fully saturated rings. The summed E-state index contributed by atoms with van der Waals surface area (Å²) in [6.45, 7) is 7.79. The molecule has 5 heteroatoms. The van der Waals surface area contributed by atoms with Gasteiger partial charge in [-0.15, -0.1) is 10.2 Å². The summed E-state index contributed by atoms with van der Waals surface area (Å²) in [5, 5.41) is 10.0. The van der Waals surface area contributed by atoms with E-state index in [0.717, 1.165) is 40.7 Å². The fraction of sp³-hybridized carbons (Fsp3) is 0.471. The van der Waals surface area contributed by atoms with Gasteiger partial charge in [0, 0.05) is 11.3 Å². The fourth-order valence-corrected chi connectivity index (χ4v) is 3.71. The number of aryl methyl sites for hydroxylation is 1. The van der Waals surface area contributed by atoms with E-state index in [1.54, 1.807) is 4.90 Å². The Labute approximate surface area is 130 Å². The Morgan fingerprint density at radius 3 is 3.00 bits per heavy atom. The predicted molar refractivity (Wildman–Crippen MR) is 85.8 cm³/mol. The minimum absolute atomic E-state index is 0.808. The molecule has 3 aromatic rings. The van der Waals surface area contributed by atoms with Gasteiger partial charge in [-0.1, -0.05) is 19.1 Å². The molecule has 0 saturated carbocycles. The van der Waals surface area contributed by atoms with E-state index >= 15 is 0 Å². The SMILES string of the molecule is Cc1nc2ccccc2c2nnc(C[NH+]3CCC[C@H](C)C3)n12. The van der Waals surface area contributed by atoms with Crippen LogP contribution >= 0.6 is 0 Å². The Balaban J connectivity index is 1.77. The lowest BCUT2D eigenvalue weighted by Gasteiger charge is -2.27. The second kappa shape index (κ2) is 5.32. The van der Waals surface area contributed by atoms with Gasteiger partial charge in [-0.2, -0.15) is 0 Å². The van der Waals surface area contributed by atoms with Gasteiger partial charge in [0.15, 0.2) is 11.5 Å². The van der Waals surface area contributed by atoms with Crippen LogP contribution in [0.25, 0.3) is 16.6 Å². The molecule has 1 aliphatic heterocycles. The Kier molecular flexibility index (Phi) is 3.30. The highest BCUT2D eigenvalue weighted by Crippen LogP contribution is 2.18. The smallest absolute Gasteiger partial charge is 0.194 e. The number of fused-ring (bicyclic) bond motifs is 3. The molecule has 1 unspecified atom stereocenters. The van der Waals surface area contributed by atoms with Crippen LogP contribution in [0.1, 0.15) is 31.4 Å². The Morgan fingerprint density at radius 1 is 1.27 bits per heavy atom. The van der Waals surface area contributed by atoms with Crippen LogP contribution in [-0.4, -0.2) is 32.7 Å². The van der Waals surface area contributed by atoms with Crippen LogP contribution in [0.5, 0.6) is 0 Å². The van der Waals surface area contributed by atoms with Gasteiger partial charge in [0.2, 0.25) is 0 Å². The third-order valence-corrected chi connectivity index (χ3v) is 4.75. The van der Waals surface area contributed by atoms with Crippen molar-refractivity contribution in [3.05, 3.63) is 35.9 Å². The lowest BCUT2D eigenvalue weighted by molar-refractivity contribution is -0.922. The van der Waals surface area contributed by atoms with Crippen molar-refractivity contribution in [1.82, 2.24) is 19.6 Å². The van der Waals surface area contributed by atoms with E-state index in [0.29, 0.717) is 0 Å². The average molecular weight is 296 g/mol. The highest BCUT2D eigenvalue weighted by molar-refractivity contribution is 5.91. The van der Waals surface area contributed by atoms with E-state index in [1.165, 1.54) is 25.9 Å². The first-order valence-electron chi connectivity index (χ1n) is 8.15. The van der Waals surface area contributed by atoms with E-state index in [4.69, 9.17) is 4.98 Å². The van der Waals surface area contributed by atoms with E-state index in [-0.39, 0.29) is 0 Å². The molecule has 2 atom stereocenters. The van der Waals surface area contributed by atoms with E-state index in [1.807, 2.05) is 25.1 Å². The number of aromatic nitrogens is 4. The lowest BCUT2D eigenvalue weighted by atomic mass is 10.0. The third kappa shape index (κ3) is 2.25. The molecule has 1 aromatic carbocycles. The first-order valence-corrected chi connectivity index (χ1v) is 8.15.